The Hall–Kier alpha value is -0.880. The first-order valence-corrected chi connectivity index (χ1v) is 9.18. The first-order valence-electron chi connectivity index (χ1n) is 8.81. The molecule has 1 atom stereocenters. The van der Waals surface area contributed by atoms with Crippen molar-refractivity contribution in [1.82, 2.24) is 10.2 Å². The standard InChI is InChI=1S/C18H25ClFN3O.ClH/c19-16-10-15(3-4-17(16)20)22-18(24)14-5-8-23(9-6-14)12-13-2-1-7-21-11-13;/h3-4,10,13-14,21H,1-2,5-9,11-12H2,(H,22,24);1H. The minimum Gasteiger partial charge on any atom is -0.326 e. The van der Waals surface area contributed by atoms with Crippen molar-refractivity contribution in [3.63, 3.8) is 0 Å². The van der Waals surface area contributed by atoms with E-state index in [1.807, 2.05) is 0 Å². The van der Waals surface area contributed by atoms with Crippen LogP contribution in [0.4, 0.5) is 10.1 Å². The normalized spacial score (nSPS) is 22.2. The van der Waals surface area contributed by atoms with Crippen LogP contribution >= 0.6 is 24.0 Å². The van der Waals surface area contributed by atoms with Crippen LogP contribution in [0.15, 0.2) is 18.2 Å². The van der Waals surface area contributed by atoms with Crippen LogP contribution in [0.5, 0.6) is 0 Å². The predicted octanol–water partition coefficient (Wildman–Crippen LogP) is 3.55. The van der Waals surface area contributed by atoms with Gasteiger partial charge in [-0.2, -0.15) is 0 Å². The Labute approximate surface area is 159 Å². The Balaban J connectivity index is 0.00000225. The minimum atomic E-state index is -0.472. The maximum Gasteiger partial charge on any atom is 0.227 e. The van der Waals surface area contributed by atoms with Gasteiger partial charge in [0, 0.05) is 18.2 Å². The van der Waals surface area contributed by atoms with Gasteiger partial charge in [-0.15, -0.1) is 12.4 Å². The summed E-state index contributed by atoms with van der Waals surface area (Å²) >= 11 is 5.76. The highest BCUT2D eigenvalue weighted by Gasteiger charge is 2.26. The van der Waals surface area contributed by atoms with Crippen LogP contribution < -0.4 is 10.6 Å². The Kier molecular flexibility index (Phi) is 7.94. The first-order chi connectivity index (χ1) is 11.6. The zero-order valence-corrected chi connectivity index (χ0v) is 15.8. The summed E-state index contributed by atoms with van der Waals surface area (Å²) in [6.45, 7) is 5.34. The van der Waals surface area contributed by atoms with Crippen LogP contribution in [0.3, 0.4) is 0 Å². The van der Waals surface area contributed by atoms with E-state index in [0.717, 1.165) is 51.5 Å². The van der Waals surface area contributed by atoms with E-state index >= 15 is 0 Å². The third kappa shape index (κ3) is 5.81. The number of hydrogen-bond donors (Lipinski definition) is 2. The van der Waals surface area contributed by atoms with Crippen LogP contribution in [0, 0.1) is 17.7 Å². The molecule has 3 rings (SSSR count). The second-order valence-electron chi connectivity index (χ2n) is 6.91. The van der Waals surface area contributed by atoms with E-state index in [0.29, 0.717) is 5.69 Å². The molecule has 0 aromatic heterocycles. The van der Waals surface area contributed by atoms with Gasteiger partial charge >= 0.3 is 0 Å². The maximum absolute atomic E-state index is 13.2. The molecule has 25 heavy (non-hydrogen) atoms. The molecule has 1 amide bonds. The minimum absolute atomic E-state index is 0. The molecule has 1 aromatic rings. The van der Waals surface area contributed by atoms with Crippen molar-refractivity contribution < 1.29 is 9.18 Å². The molecule has 1 unspecified atom stereocenters. The maximum atomic E-state index is 13.2. The second kappa shape index (κ2) is 9.72. The fraction of sp³-hybridized carbons (Fsp3) is 0.611. The molecule has 1 aromatic carbocycles. The summed E-state index contributed by atoms with van der Waals surface area (Å²) in [6, 6.07) is 4.28. The molecule has 0 radical (unpaired) electrons. The molecule has 0 spiro atoms. The molecule has 0 aliphatic carbocycles. The van der Waals surface area contributed by atoms with Gasteiger partial charge in [0.15, 0.2) is 0 Å². The van der Waals surface area contributed by atoms with E-state index in [4.69, 9.17) is 11.6 Å². The van der Waals surface area contributed by atoms with Crippen molar-refractivity contribution in [2.75, 3.05) is 38.0 Å². The molecular weight excluding hydrogens is 364 g/mol. The molecule has 2 saturated heterocycles. The number of benzene rings is 1. The van der Waals surface area contributed by atoms with Gasteiger partial charge in [-0.05, 0) is 76.0 Å². The zero-order valence-electron chi connectivity index (χ0n) is 14.3. The van der Waals surface area contributed by atoms with Crippen molar-refractivity contribution in [1.29, 1.82) is 0 Å². The highest BCUT2D eigenvalue weighted by Crippen LogP contribution is 2.23. The molecule has 2 heterocycles. The lowest BCUT2D eigenvalue weighted by atomic mass is 9.93. The number of carbonyl (C=O) groups is 1. The van der Waals surface area contributed by atoms with Gasteiger partial charge in [0.1, 0.15) is 5.82 Å². The molecule has 4 nitrogen and oxygen atoms in total. The monoisotopic (exact) mass is 389 g/mol. The summed E-state index contributed by atoms with van der Waals surface area (Å²) < 4.78 is 13.2. The van der Waals surface area contributed by atoms with Gasteiger partial charge in [-0.25, -0.2) is 4.39 Å². The molecule has 7 heteroatoms. The van der Waals surface area contributed by atoms with Gasteiger partial charge in [0.2, 0.25) is 5.91 Å². The summed E-state index contributed by atoms with van der Waals surface area (Å²) in [5.41, 5.74) is 0.558. The van der Waals surface area contributed by atoms with E-state index in [1.54, 1.807) is 6.07 Å². The number of rotatable bonds is 4. The summed E-state index contributed by atoms with van der Waals surface area (Å²) in [4.78, 5) is 14.9. The molecule has 2 aliphatic rings. The lowest BCUT2D eigenvalue weighted by molar-refractivity contribution is -0.121. The van der Waals surface area contributed by atoms with Crippen LogP contribution in [-0.4, -0.2) is 43.5 Å². The number of nitrogens with zero attached hydrogens (tertiary/aromatic N) is 1. The van der Waals surface area contributed by atoms with Crippen LogP contribution in [0.2, 0.25) is 5.02 Å². The third-order valence-corrected chi connectivity index (χ3v) is 5.35. The number of amides is 1. The third-order valence-electron chi connectivity index (χ3n) is 5.06. The fourth-order valence-corrected chi connectivity index (χ4v) is 3.82. The van der Waals surface area contributed by atoms with Gasteiger partial charge in [0.05, 0.1) is 5.02 Å². The van der Waals surface area contributed by atoms with Crippen molar-refractivity contribution >= 4 is 35.6 Å². The van der Waals surface area contributed by atoms with Crippen molar-refractivity contribution in [3.05, 3.63) is 29.0 Å². The molecular formula is C18H26Cl2FN3O. The number of nitrogens with one attached hydrogen (secondary N) is 2. The quantitative estimate of drug-likeness (QED) is 0.827. The highest BCUT2D eigenvalue weighted by molar-refractivity contribution is 6.31. The Bertz CT molecular complexity index is 573. The topological polar surface area (TPSA) is 44.4 Å². The van der Waals surface area contributed by atoms with Crippen LogP contribution in [0.25, 0.3) is 0 Å². The molecule has 2 N–H and O–H groups in total. The van der Waals surface area contributed by atoms with E-state index < -0.39 is 5.82 Å². The van der Waals surface area contributed by atoms with Crippen molar-refractivity contribution in [2.45, 2.75) is 25.7 Å². The molecule has 2 fully saturated rings. The largest absolute Gasteiger partial charge is 0.326 e. The lowest BCUT2D eigenvalue weighted by Gasteiger charge is -2.35. The number of hydrogen-bond acceptors (Lipinski definition) is 3. The summed E-state index contributed by atoms with van der Waals surface area (Å²) in [7, 11) is 0. The SMILES string of the molecule is Cl.O=C(Nc1ccc(F)c(Cl)c1)C1CCN(CC2CCCNC2)CC1. The van der Waals surface area contributed by atoms with Gasteiger partial charge in [-0.3, -0.25) is 4.79 Å². The Morgan fingerprint density at radius 1 is 1.32 bits per heavy atom. The number of anilines is 1. The van der Waals surface area contributed by atoms with Gasteiger partial charge in [0.25, 0.3) is 0 Å². The van der Waals surface area contributed by atoms with Crippen LogP contribution in [0.1, 0.15) is 25.7 Å². The fourth-order valence-electron chi connectivity index (χ4n) is 3.64. The summed E-state index contributed by atoms with van der Waals surface area (Å²) in [5.74, 6) is 0.303. The number of halogens is 3. The molecule has 0 bridgehead atoms. The van der Waals surface area contributed by atoms with Gasteiger partial charge < -0.3 is 15.5 Å². The van der Waals surface area contributed by atoms with E-state index in [2.05, 4.69) is 15.5 Å². The number of likely N-dealkylation sites (tertiary alicyclic amines) is 1. The second-order valence-corrected chi connectivity index (χ2v) is 7.31. The van der Waals surface area contributed by atoms with Crippen molar-refractivity contribution in [3.8, 4) is 0 Å². The highest BCUT2D eigenvalue weighted by atomic mass is 35.5. The average Bonchev–Trinajstić information content (AvgIpc) is 2.60. The van der Waals surface area contributed by atoms with Gasteiger partial charge in [-0.1, -0.05) is 11.6 Å². The average molecular weight is 390 g/mol. The molecule has 140 valence electrons. The Morgan fingerprint density at radius 3 is 2.72 bits per heavy atom. The molecule has 0 saturated carbocycles. The smallest absolute Gasteiger partial charge is 0.227 e. The van der Waals surface area contributed by atoms with Crippen molar-refractivity contribution in [2.24, 2.45) is 11.8 Å². The van der Waals surface area contributed by atoms with E-state index in [-0.39, 0.29) is 29.3 Å². The van der Waals surface area contributed by atoms with Crippen LogP contribution in [-0.2, 0) is 4.79 Å². The number of piperidine rings is 2. The summed E-state index contributed by atoms with van der Waals surface area (Å²) in [5, 5.41) is 6.35. The van der Waals surface area contributed by atoms with E-state index in [9.17, 15) is 9.18 Å². The Morgan fingerprint density at radius 2 is 2.08 bits per heavy atom. The predicted molar refractivity (Wildman–Crippen MR) is 102 cm³/mol. The lowest BCUT2D eigenvalue weighted by Crippen LogP contribution is -2.43. The first kappa shape index (κ1) is 20.4. The van der Waals surface area contributed by atoms with E-state index in [1.165, 1.54) is 25.0 Å². The molecule has 2 aliphatic heterocycles. The number of carbonyl (C=O) groups excluding carboxylic acids is 1. The zero-order chi connectivity index (χ0) is 16.9. The summed E-state index contributed by atoms with van der Waals surface area (Å²) in [6.07, 6.45) is 4.32.